The molecule has 0 aromatic carbocycles. The number of hydrogen-bond donors (Lipinski definition) is 2. The topological polar surface area (TPSA) is 57.3 Å². The maximum absolute atomic E-state index is 12.5. The van der Waals surface area contributed by atoms with Crippen molar-refractivity contribution in [3.8, 4) is 0 Å². The van der Waals surface area contributed by atoms with E-state index in [1.54, 1.807) is 11.3 Å². The fraction of sp³-hybridized carbons (Fsp3) is 0.750. The van der Waals surface area contributed by atoms with Crippen molar-refractivity contribution in [2.75, 3.05) is 26.7 Å². The van der Waals surface area contributed by atoms with Crippen LogP contribution in [0.4, 0.5) is 0 Å². The standard InChI is InChI=1S/C16H26N4OS/c1-3-12-10-22-14(19-12)9-18-15(21)13-8-16(11-20(13)2)4-6-17-7-5-16/h10,13,17H,3-9,11H2,1-2H3,(H,18,21)/t13-/m0/s1. The average molecular weight is 322 g/mol. The number of nitrogens with one attached hydrogen (secondary N) is 2. The maximum Gasteiger partial charge on any atom is 0.237 e. The summed E-state index contributed by atoms with van der Waals surface area (Å²) in [5.74, 6) is 0.158. The largest absolute Gasteiger partial charge is 0.348 e. The van der Waals surface area contributed by atoms with Gasteiger partial charge in [0.05, 0.1) is 18.3 Å². The Kier molecular flexibility index (Phi) is 4.80. The summed E-state index contributed by atoms with van der Waals surface area (Å²) in [7, 11) is 2.08. The summed E-state index contributed by atoms with van der Waals surface area (Å²) in [6, 6.07) is 0.0173. The molecule has 2 aliphatic rings. The summed E-state index contributed by atoms with van der Waals surface area (Å²) in [6.45, 7) is 5.87. The minimum Gasteiger partial charge on any atom is -0.348 e. The third kappa shape index (κ3) is 3.34. The first-order chi connectivity index (χ1) is 10.6. The molecule has 3 rings (SSSR count). The number of likely N-dealkylation sites (tertiary alicyclic amines) is 1. The Morgan fingerprint density at radius 3 is 3.00 bits per heavy atom. The van der Waals surface area contributed by atoms with Gasteiger partial charge >= 0.3 is 0 Å². The number of nitrogens with zero attached hydrogens (tertiary/aromatic N) is 2. The molecule has 0 bridgehead atoms. The van der Waals surface area contributed by atoms with E-state index in [2.05, 4.69) is 39.9 Å². The van der Waals surface area contributed by atoms with Gasteiger partial charge in [0.1, 0.15) is 5.01 Å². The first kappa shape index (κ1) is 15.9. The Labute approximate surface area is 136 Å². The number of likely N-dealkylation sites (N-methyl/N-ethyl adjacent to an activating group) is 1. The number of carbonyl (C=O) groups is 1. The molecule has 1 aromatic rings. The molecule has 0 saturated carbocycles. The number of amides is 1. The summed E-state index contributed by atoms with van der Waals surface area (Å²) in [6.07, 6.45) is 4.32. The van der Waals surface area contributed by atoms with Crippen molar-refractivity contribution in [1.82, 2.24) is 20.5 Å². The molecule has 122 valence electrons. The Morgan fingerprint density at radius 2 is 2.32 bits per heavy atom. The lowest BCUT2D eigenvalue weighted by Crippen LogP contribution is -2.41. The smallest absolute Gasteiger partial charge is 0.237 e. The Morgan fingerprint density at radius 1 is 1.55 bits per heavy atom. The van der Waals surface area contributed by atoms with E-state index in [1.165, 1.54) is 12.8 Å². The highest BCUT2D eigenvalue weighted by Gasteiger charge is 2.45. The molecule has 3 heterocycles. The summed E-state index contributed by atoms with van der Waals surface area (Å²) < 4.78 is 0. The molecule has 0 unspecified atom stereocenters. The molecule has 22 heavy (non-hydrogen) atoms. The van der Waals surface area contributed by atoms with Gasteiger partial charge in [0, 0.05) is 11.9 Å². The number of aryl methyl sites for hydroxylation is 1. The molecule has 1 amide bonds. The molecule has 5 nitrogen and oxygen atoms in total. The molecule has 1 spiro atoms. The predicted molar refractivity (Wildman–Crippen MR) is 88.9 cm³/mol. The normalized spacial score (nSPS) is 24.7. The van der Waals surface area contributed by atoms with Crippen LogP contribution in [0.5, 0.6) is 0 Å². The highest BCUT2D eigenvalue weighted by molar-refractivity contribution is 7.09. The van der Waals surface area contributed by atoms with Crippen molar-refractivity contribution < 1.29 is 4.79 Å². The number of aromatic nitrogens is 1. The minimum atomic E-state index is 0.0173. The Bertz CT molecular complexity index is 524. The van der Waals surface area contributed by atoms with Gasteiger partial charge in [-0.3, -0.25) is 9.69 Å². The van der Waals surface area contributed by atoms with Crippen LogP contribution in [0, 0.1) is 5.41 Å². The first-order valence-corrected chi connectivity index (χ1v) is 9.12. The van der Waals surface area contributed by atoms with E-state index in [4.69, 9.17) is 0 Å². The number of rotatable bonds is 4. The van der Waals surface area contributed by atoms with Crippen molar-refractivity contribution in [1.29, 1.82) is 0 Å². The third-order valence-electron chi connectivity index (χ3n) is 5.09. The van der Waals surface area contributed by atoms with E-state index in [1.807, 2.05) is 0 Å². The maximum atomic E-state index is 12.5. The van der Waals surface area contributed by atoms with Gasteiger partial charge in [-0.1, -0.05) is 6.92 Å². The molecule has 1 atom stereocenters. The minimum absolute atomic E-state index is 0.0173. The van der Waals surface area contributed by atoms with Crippen molar-refractivity contribution in [2.45, 2.75) is 45.2 Å². The molecular formula is C16H26N4OS. The second-order valence-corrected chi connectivity index (χ2v) is 7.63. The Balaban J connectivity index is 1.55. The fourth-order valence-corrected chi connectivity index (χ4v) is 4.57. The van der Waals surface area contributed by atoms with Crippen LogP contribution in [-0.2, 0) is 17.8 Å². The molecule has 2 aliphatic heterocycles. The molecule has 2 N–H and O–H groups in total. The first-order valence-electron chi connectivity index (χ1n) is 8.24. The van der Waals surface area contributed by atoms with Crippen LogP contribution < -0.4 is 10.6 Å². The van der Waals surface area contributed by atoms with Crippen LogP contribution in [0.2, 0.25) is 0 Å². The van der Waals surface area contributed by atoms with E-state index in [0.29, 0.717) is 12.0 Å². The number of carbonyl (C=O) groups excluding carboxylic acids is 1. The van der Waals surface area contributed by atoms with Crippen molar-refractivity contribution in [3.05, 3.63) is 16.1 Å². The molecule has 6 heteroatoms. The van der Waals surface area contributed by atoms with Gasteiger partial charge in [0.25, 0.3) is 0 Å². The molecule has 0 aliphatic carbocycles. The third-order valence-corrected chi connectivity index (χ3v) is 5.98. The summed E-state index contributed by atoms with van der Waals surface area (Å²) in [4.78, 5) is 19.3. The number of hydrogen-bond acceptors (Lipinski definition) is 5. The van der Waals surface area contributed by atoms with Crippen LogP contribution in [0.3, 0.4) is 0 Å². The van der Waals surface area contributed by atoms with Crippen molar-refractivity contribution in [3.63, 3.8) is 0 Å². The van der Waals surface area contributed by atoms with Gasteiger partial charge in [0.15, 0.2) is 0 Å². The fourth-order valence-electron chi connectivity index (χ4n) is 3.76. The van der Waals surface area contributed by atoms with Crippen molar-refractivity contribution >= 4 is 17.2 Å². The predicted octanol–water partition coefficient (Wildman–Crippen LogP) is 1.40. The number of thiazole rings is 1. The van der Waals surface area contributed by atoms with Gasteiger partial charge in [-0.15, -0.1) is 11.3 Å². The van der Waals surface area contributed by atoms with E-state index in [9.17, 15) is 4.79 Å². The quantitative estimate of drug-likeness (QED) is 0.880. The van der Waals surface area contributed by atoms with Crippen LogP contribution in [0.25, 0.3) is 0 Å². The van der Waals surface area contributed by atoms with E-state index in [0.717, 1.165) is 43.2 Å². The second-order valence-electron chi connectivity index (χ2n) is 6.69. The lowest BCUT2D eigenvalue weighted by molar-refractivity contribution is -0.125. The molecular weight excluding hydrogens is 296 g/mol. The SMILES string of the molecule is CCc1csc(CNC(=O)[C@@H]2CC3(CCNCC3)CN2C)n1. The van der Waals surface area contributed by atoms with Gasteiger partial charge < -0.3 is 10.6 Å². The zero-order valence-electron chi connectivity index (χ0n) is 13.5. The molecule has 0 radical (unpaired) electrons. The van der Waals surface area contributed by atoms with Crippen LogP contribution in [0.15, 0.2) is 5.38 Å². The Hall–Kier alpha value is -0.980. The van der Waals surface area contributed by atoms with Gasteiger partial charge in [-0.25, -0.2) is 4.98 Å². The molecule has 1 aromatic heterocycles. The number of piperidine rings is 1. The average Bonchev–Trinajstić information content (AvgIpc) is 3.10. The summed E-state index contributed by atoms with van der Waals surface area (Å²) in [5, 5.41) is 9.58. The molecule has 2 saturated heterocycles. The van der Waals surface area contributed by atoms with Crippen LogP contribution in [-0.4, -0.2) is 48.5 Å². The summed E-state index contributed by atoms with van der Waals surface area (Å²) in [5.41, 5.74) is 1.46. The summed E-state index contributed by atoms with van der Waals surface area (Å²) >= 11 is 1.63. The highest BCUT2D eigenvalue weighted by Crippen LogP contribution is 2.41. The zero-order valence-corrected chi connectivity index (χ0v) is 14.3. The zero-order chi connectivity index (χ0) is 15.6. The van der Waals surface area contributed by atoms with E-state index >= 15 is 0 Å². The van der Waals surface area contributed by atoms with Crippen LogP contribution >= 0.6 is 11.3 Å². The second kappa shape index (κ2) is 6.64. The monoisotopic (exact) mass is 322 g/mol. The van der Waals surface area contributed by atoms with Crippen molar-refractivity contribution in [2.24, 2.45) is 5.41 Å². The van der Waals surface area contributed by atoms with Gasteiger partial charge in [-0.05, 0) is 51.2 Å². The van der Waals surface area contributed by atoms with E-state index < -0.39 is 0 Å². The molecule has 2 fully saturated rings. The highest BCUT2D eigenvalue weighted by atomic mass is 32.1. The lowest BCUT2D eigenvalue weighted by Gasteiger charge is -2.33. The van der Waals surface area contributed by atoms with E-state index in [-0.39, 0.29) is 11.9 Å². The van der Waals surface area contributed by atoms with Gasteiger partial charge in [-0.2, -0.15) is 0 Å². The van der Waals surface area contributed by atoms with Crippen LogP contribution in [0.1, 0.15) is 36.9 Å². The van der Waals surface area contributed by atoms with Gasteiger partial charge in [0.2, 0.25) is 5.91 Å². The lowest BCUT2D eigenvalue weighted by atomic mass is 9.77.